The summed E-state index contributed by atoms with van der Waals surface area (Å²) in [5.41, 5.74) is 2.67. The zero-order valence-corrected chi connectivity index (χ0v) is 14.0. The molecular formula is C17H31N3. The summed E-state index contributed by atoms with van der Waals surface area (Å²) < 4.78 is 2.23. The SMILES string of the molecule is Cc1nn(C2CCC(C)C(C)C2)cc1CNC(C)(C)C. The van der Waals surface area contributed by atoms with Crippen molar-refractivity contribution in [3.63, 3.8) is 0 Å². The molecule has 0 bridgehead atoms. The fourth-order valence-electron chi connectivity index (χ4n) is 3.00. The van der Waals surface area contributed by atoms with E-state index >= 15 is 0 Å². The van der Waals surface area contributed by atoms with Crippen molar-refractivity contribution in [2.75, 3.05) is 0 Å². The highest BCUT2D eigenvalue weighted by Gasteiger charge is 2.26. The van der Waals surface area contributed by atoms with E-state index in [1.807, 2.05) is 0 Å². The van der Waals surface area contributed by atoms with E-state index in [9.17, 15) is 0 Å². The maximum atomic E-state index is 4.77. The fraction of sp³-hybridized carbons (Fsp3) is 0.824. The maximum absolute atomic E-state index is 4.77. The molecule has 1 aromatic rings. The van der Waals surface area contributed by atoms with Crippen molar-refractivity contribution >= 4 is 0 Å². The Morgan fingerprint density at radius 3 is 2.55 bits per heavy atom. The molecular weight excluding hydrogens is 246 g/mol. The Balaban J connectivity index is 2.03. The standard InChI is InChI=1S/C17H31N3/c1-12-7-8-16(9-13(12)2)20-11-15(14(3)19-20)10-18-17(4,5)6/h11-13,16,18H,7-10H2,1-6H3. The molecule has 0 aromatic carbocycles. The zero-order chi connectivity index (χ0) is 14.9. The molecule has 1 heterocycles. The Morgan fingerprint density at radius 1 is 1.25 bits per heavy atom. The van der Waals surface area contributed by atoms with Gasteiger partial charge in [-0.1, -0.05) is 13.8 Å². The Kier molecular flexibility index (Phi) is 4.58. The molecule has 2 rings (SSSR count). The van der Waals surface area contributed by atoms with Crippen LogP contribution in [0.2, 0.25) is 0 Å². The van der Waals surface area contributed by atoms with Crippen molar-refractivity contribution < 1.29 is 0 Å². The molecule has 114 valence electrons. The molecule has 0 aliphatic heterocycles. The first kappa shape index (κ1) is 15.6. The molecule has 1 aliphatic carbocycles. The van der Waals surface area contributed by atoms with Crippen LogP contribution in [0, 0.1) is 18.8 Å². The molecule has 3 atom stereocenters. The van der Waals surface area contributed by atoms with Gasteiger partial charge in [-0.05, 0) is 58.8 Å². The lowest BCUT2D eigenvalue weighted by molar-refractivity contribution is 0.200. The molecule has 1 N–H and O–H groups in total. The van der Waals surface area contributed by atoms with Crippen LogP contribution in [0.4, 0.5) is 0 Å². The summed E-state index contributed by atoms with van der Waals surface area (Å²) in [6, 6.07) is 0.600. The minimum atomic E-state index is 0.156. The number of hydrogen-bond acceptors (Lipinski definition) is 2. The predicted octanol–water partition coefficient (Wildman–Crippen LogP) is 4.08. The van der Waals surface area contributed by atoms with Gasteiger partial charge in [0.25, 0.3) is 0 Å². The van der Waals surface area contributed by atoms with Crippen molar-refractivity contribution in [1.29, 1.82) is 0 Å². The van der Waals surface area contributed by atoms with E-state index in [0.717, 1.165) is 18.4 Å². The van der Waals surface area contributed by atoms with Gasteiger partial charge in [0, 0.05) is 23.8 Å². The van der Waals surface area contributed by atoms with Gasteiger partial charge >= 0.3 is 0 Å². The summed E-state index contributed by atoms with van der Waals surface area (Å²) in [4.78, 5) is 0. The van der Waals surface area contributed by atoms with Crippen LogP contribution < -0.4 is 5.32 Å². The largest absolute Gasteiger partial charge is 0.308 e. The minimum absolute atomic E-state index is 0.156. The molecule has 0 saturated heterocycles. The smallest absolute Gasteiger partial charge is 0.0638 e. The Morgan fingerprint density at radius 2 is 1.95 bits per heavy atom. The first-order valence-electron chi connectivity index (χ1n) is 8.06. The van der Waals surface area contributed by atoms with Gasteiger partial charge in [-0.3, -0.25) is 4.68 Å². The lowest BCUT2D eigenvalue weighted by atomic mass is 9.79. The normalized spacial score (nSPS) is 27.8. The summed E-state index contributed by atoms with van der Waals surface area (Å²) in [6.45, 7) is 14.4. The summed E-state index contributed by atoms with van der Waals surface area (Å²) in [7, 11) is 0. The number of nitrogens with one attached hydrogen (secondary N) is 1. The van der Waals surface area contributed by atoms with Gasteiger partial charge in [0.1, 0.15) is 0 Å². The minimum Gasteiger partial charge on any atom is -0.308 e. The van der Waals surface area contributed by atoms with Crippen molar-refractivity contribution in [2.45, 2.75) is 78.9 Å². The van der Waals surface area contributed by atoms with Gasteiger partial charge in [0.05, 0.1) is 11.7 Å². The molecule has 3 nitrogen and oxygen atoms in total. The topological polar surface area (TPSA) is 29.9 Å². The van der Waals surface area contributed by atoms with Crippen LogP contribution in [0.5, 0.6) is 0 Å². The molecule has 1 aliphatic rings. The average molecular weight is 277 g/mol. The van der Waals surface area contributed by atoms with Gasteiger partial charge in [-0.2, -0.15) is 5.10 Å². The molecule has 1 saturated carbocycles. The lowest BCUT2D eigenvalue weighted by Crippen LogP contribution is -2.35. The van der Waals surface area contributed by atoms with Crippen LogP contribution in [-0.2, 0) is 6.54 Å². The average Bonchev–Trinajstić information content (AvgIpc) is 2.71. The van der Waals surface area contributed by atoms with E-state index in [-0.39, 0.29) is 5.54 Å². The van der Waals surface area contributed by atoms with Gasteiger partial charge < -0.3 is 5.32 Å². The van der Waals surface area contributed by atoms with Crippen molar-refractivity contribution in [2.24, 2.45) is 11.8 Å². The van der Waals surface area contributed by atoms with Crippen LogP contribution in [0.1, 0.15) is 71.2 Å². The highest BCUT2D eigenvalue weighted by molar-refractivity contribution is 5.16. The molecule has 1 fully saturated rings. The van der Waals surface area contributed by atoms with Gasteiger partial charge in [0.2, 0.25) is 0 Å². The van der Waals surface area contributed by atoms with Crippen LogP contribution in [0.3, 0.4) is 0 Å². The number of aryl methyl sites for hydroxylation is 1. The van der Waals surface area contributed by atoms with Crippen LogP contribution in [0.25, 0.3) is 0 Å². The second-order valence-electron chi connectivity index (χ2n) is 7.74. The number of hydrogen-bond donors (Lipinski definition) is 1. The molecule has 0 amide bonds. The van der Waals surface area contributed by atoms with Crippen molar-refractivity contribution in [1.82, 2.24) is 15.1 Å². The van der Waals surface area contributed by atoms with E-state index in [2.05, 4.69) is 57.7 Å². The van der Waals surface area contributed by atoms with Crippen molar-refractivity contribution in [3.05, 3.63) is 17.5 Å². The van der Waals surface area contributed by atoms with E-state index in [1.54, 1.807) is 0 Å². The van der Waals surface area contributed by atoms with Crippen molar-refractivity contribution in [3.8, 4) is 0 Å². The molecule has 3 heteroatoms. The third-order valence-corrected chi connectivity index (χ3v) is 4.77. The summed E-state index contributed by atoms with van der Waals surface area (Å²) >= 11 is 0. The molecule has 0 radical (unpaired) electrons. The molecule has 1 aromatic heterocycles. The Labute approximate surface area is 124 Å². The Bertz CT molecular complexity index is 442. The van der Waals surface area contributed by atoms with Crippen LogP contribution >= 0.6 is 0 Å². The Hall–Kier alpha value is -0.830. The first-order valence-corrected chi connectivity index (χ1v) is 8.06. The van der Waals surface area contributed by atoms with Gasteiger partial charge in [-0.25, -0.2) is 0 Å². The summed E-state index contributed by atoms with van der Waals surface area (Å²) in [6.07, 6.45) is 6.15. The van der Waals surface area contributed by atoms with Crippen LogP contribution in [0.15, 0.2) is 6.20 Å². The van der Waals surface area contributed by atoms with Gasteiger partial charge in [-0.15, -0.1) is 0 Å². The van der Waals surface area contributed by atoms with Gasteiger partial charge in [0.15, 0.2) is 0 Å². The zero-order valence-electron chi connectivity index (χ0n) is 14.0. The third-order valence-electron chi connectivity index (χ3n) is 4.77. The lowest BCUT2D eigenvalue weighted by Gasteiger charge is -2.32. The third kappa shape index (κ3) is 3.85. The summed E-state index contributed by atoms with van der Waals surface area (Å²) in [5, 5.41) is 8.33. The molecule has 0 spiro atoms. The van der Waals surface area contributed by atoms with E-state index in [4.69, 9.17) is 5.10 Å². The number of nitrogens with zero attached hydrogens (tertiary/aromatic N) is 2. The second-order valence-corrected chi connectivity index (χ2v) is 7.74. The number of rotatable bonds is 3. The predicted molar refractivity (Wildman–Crippen MR) is 84.8 cm³/mol. The second kappa shape index (κ2) is 5.88. The maximum Gasteiger partial charge on any atom is 0.0638 e. The van der Waals surface area contributed by atoms with E-state index in [0.29, 0.717) is 6.04 Å². The fourth-order valence-corrected chi connectivity index (χ4v) is 3.00. The summed E-state index contributed by atoms with van der Waals surface area (Å²) in [5.74, 6) is 1.68. The first-order chi connectivity index (χ1) is 9.26. The quantitative estimate of drug-likeness (QED) is 0.902. The number of aromatic nitrogens is 2. The molecule has 3 unspecified atom stereocenters. The van der Waals surface area contributed by atoms with Crippen LogP contribution in [-0.4, -0.2) is 15.3 Å². The monoisotopic (exact) mass is 277 g/mol. The molecule has 20 heavy (non-hydrogen) atoms. The highest BCUT2D eigenvalue weighted by Crippen LogP contribution is 2.36. The highest BCUT2D eigenvalue weighted by atomic mass is 15.3. The van der Waals surface area contributed by atoms with E-state index in [1.165, 1.54) is 30.5 Å². The van der Waals surface area contributed by atoms with E-state index < -0.39 is 0 Å².